The van der Waals surface area contributed by atoms with Gasteiger partial charge in [-0.3, -0.25) is 4.79 Å². The van der Waals surface area contributed by atoms with Gasteiger partial charge in [-0.15, -0.1) is 0 Å². The van der Waals surface area contributed by atoms with Crippen LogP contribution in [0.3, 0.4) is 0 Å². The summed E-state index contributed by atoms with van der Waals surface area (Å²) in [6.45, 7) is 7.78. The van der Waals surface area contributed by atoms with E-state index in [9.17, 15) is 4.79 Å². The first-order valence-electron chi connectivity index (χ1n) is 8.69. The minimum Gasteiger partial charge on any atom is -0.404 e. The molecule has 6 heteroatoms. The standard InChI is InChI=1S/C16H27BN2O3/c1-15(2)10-7-11(15)14-16(3,8-10)22-17(21-14)12-5-4-6-19(12)13(20)9-18/h10-12,14H,4-9,18H2,1-3H3/t10-,11+,12+,14-,16+/m1/s1. The maximum Gasteiger partial charge on any atom is 0.481 e. The number of likely N-dealkylation sites (tertiary alicyclic amines) is 1. The molecule has 0 aromatic carbocycles. The highest BCUT2D eigenvalue weighted by atomic mass is 16.7. The van der Waals surface area contributed by atoms with Crippen LogP contribution in [0.5, 0.6) is 0 Å². The summed E-state index contributed by atoms with van der Waals surface area (Å²) < 4.78 is 12.8. The van der Waals surface area contributed by atoms with Crippen LogP contribution in [0.1, 0.15) is 46.5 Å². The van der Waals surface area contributed by atoms with Gasteiger partial charge >= 0.3 is 7.12 Å². The first kappa shape index (κ1) is 15.0. The van der Waals surface area contributed by atoms with E-state index in [2.05, 4.69) is 20.8 Å². The van der Waals surface area contributed by atoms with Gasteiger partial charge in [0, 0.05) is 6.54 Å². The number of carbonyl (C=O) groups excluding carboxylic acids is 1. The van der Waals surface area contributed by atoms with Crippen molar-refractivity contribution in [2.75, 3.05) is 13.1 Å². The normalized spacial score (nSPS) is 45.6. The van der Waals surface area contributed by atoms with Crippen LogP contribution < -0.4 is 5.73 Å². The van der Waals surface area contributed by atoms with Gasteiger partial charge in [0.15, 0.2) is 0 Å². The maximum atomic E-state index is 12.0. The molecule has 5 fully saturated rings. The fourth-order valence-corrected chi connectivity index (χ4v) is 5.41. The molecule has 0 unspecified atom stereocenters. The highest BCUT2D eigenvalue weighted by molar-refractivity contribution is 6.48. The van der Waals surface area contributed by atoms with Gasteiger partial charge in [0.05, 0.1) is 24.2 Å². The Balaban J connectivity index is 1.54. The zero-order chi connectivity index (χ0) is 15.7. The predicted octanol–water partition coefficient (Wildman–Crippen LogP) is 1.20. The molecule has 2 bridgehead atoms. The average Bonchev–Trinajstić information content (AvgIpc) is 3.08. The maximum absolute atomic E-state index is 12.0. The highest BCUT2D eigenvalue weighted by Gasteiger charge is 2.67. The predicted molar refractivity (Wildman–Crippen MR) is 83.9 cm³/mol. The summed E-state index contributed by atoms with van der Waals surface area (Å²) in [6.07, 6.45) is 4.48. The Morgan fingerprint density at radius 3 is 2.86 bits per heavy atom. The van der Waals surface area contributed by atoms with E-state index in [0.29, 0.717) is 11.3 Å². The summed E-state index contributed by atoms with van der Waals surface area (Å²) in [5.74, 6) is 1.38. The minimum atomic E-state index is -0.275. The van der Waals surface area contributed by atoms with Crippen molar-refractivity contribution in [2.45, 2.75) is 64.1 Å². The zero-order valence-electron chi connectivity index (χ0n) is 13.9. The smallest absolute Gasteiger partial charge is 0.404 e. The van der Waals surface area contributed by atoms with E-state index < -0.39 is 0 Å². The lowest BCUT2D eigenvalue weighted by atomic mass is 9.45. The molecule has 3 aliphatic carbocycles. The van der Waals surface area contributed by atoms with Crippen LogP contribution in [0.15, 0.2) is 0 Å². The number of hydrogen-bond acceptors (Lipinski definition) is 4. The molecule has 0 spiro atoms. The van der Waals surface area contributed by atoms with Gasteiger partial charge in [0.1, 0.15) is 0 Å². The second-order valence-corrected chi connectivity index (χ2v) is 8.42. The van der Waals surface area contributed by atoms with E-state index in [-0.39, 0.29) is 37.2 Å². The van der Waals surface area contributed by atoms with Crippen LogP contribution >= 0.6 is 0 Å². The summed E-state index contributed by atoms with van der Waals surface area (Å²) in [6, 6.07) is 0. The second kappa shape index (κ2) is 4.71. The lowest BCUT2D eigenvalue weighted by Crippen LogP contribution is -2.63. The Morgan fingerprint density at radius 1 is 1.41 bits per heavy atom. The van der Waals surface area contributed by atoms with E-state index >= 15 is 0 Å². The number of hydrogen-bond donors (Lipinski definition) is 1. The van der Waals surface area contributed by atoms with E-state index in [1.54, 1.807) is 0 Å². The molecule has 0 radical (unpaired) electrons. The van der Waals surface area contributed by atoms with Gasteiger partial charge < -0.3 is 19.9 Å². The molecule has 5 atom stereocenters. The third kappa shape index (κ3) is 1.87. The number of carbonyl (C=O) groups is 1. The van der Waals surface area contributed by atoms with Crippen LogP contribution in [0.2, 0.25) is 0 Å². The van der Waals surface area contributed by atoms with Crippen molar-refractivity contribution < 1.29 is 14.1 Å². The van der Waals surface area contributed by atoms with Gasteiger partial charge in [-0.1, -0.05) is 13.8 Å². The Kier molecular flexibility index (Phi) is 3.21. The summed E-state index contributed by atoms with van der Waals surface area (Å²) >= 11 is 0. The van der Waals surface area contributed by atoms with Gasteiger partial charge in [-0.05, 0) is 49.9 Å². The summed E-state index contributed by atoms with van der Waals surface area (Å²) in [5.41, 5.74) is 5.74. The van der Waals surface area contributed by atoms with Crippen molar-refractivity contribution in [3.05, 3.63) is 0 Å². The lowest BCUT2D eigenvalue weighted by molar-refractivity contribution is -0.185. The molecule has 0 aromatic heterocycles. The molecule has 2 heterocycles. The Bertz CT molecular complexity index is 500. The molecule has 2 N–H and O–H groups in total. The van der Waals surface area contributed by atoms with Crippen molar-refractivity contribution in [1.29, 1.82) is 0 Å². The van der Waals surface area contributed by atoms with Crippen molar-refractivity contribution in [2.24, 2.45) is 23.0 Å². The van der Waals surface area contributed by atoms with Crippen LogP contribution in [0, 0.1) is 17.3 Å². The summed E-state index contributed by atoms with van der Waals surface area (Å²) in [5, 5.41) is 0. The number of nitrogens with zero attached hydrogens (tertiary/aromatic N) is 1. The number of nitrogens with two attached hydrogens (primary N) is 1. The van der Waals surface area contributed by atoms with E-state index in [1.807, 2.05) is 4.90 Å². The van der Waals surface area contributed by atoms with Gasteiger partial charge in [0.2, 0.25) is 5.91 Å². The van der Waals surface area contributed by atoms with Crippen molar-refractivity contribution in [3.63, 3.8) is 0 Å². The molecule has 22 heavy (non-hydrogen) atoms. The Hall–Kier alpha value is -0.585. The quantitative estimate of drug-likeness (QED) is 0.779. The van der Waals surface area contributed by atoms with Gasteiger partial charge in [-0.25, -0.2) is 0 Å². The van der Waals surface area contributed by atoms with Crippen molar-refractivity contribution >= 4 is 13.0 Å². The highest BCUT2D eigenvalue weighted by Crippen LogP contribution is 2.64. The topological polar surface area (TPSA) is 64.8 Å². The van der Waals surface area contributed by atoms with Crippen LogP contribution in [-0.4, -0.2) is 48.7 Å². The third-order valence-corrected chi connectivity index (χ3v) is 6.94. The molecular formula is C16H27BN2O3. The number of rotatable bonds is 2. The number of amides is 1. The Labute approximate surface area is 133 Å². The van der Waals surface area contributed by atoms with Crippen LogP contribution in [-0.2, 0) is 14.1 Å². The molecule has 0 aromatic rings. The zero-order valence-corrected chi connectivity index (χ0v) is 13.9. The lowest BCUT2D eigenvalue weighted by Gasteiger charge is -2.63. The molecule has 5 nitrogen and oxygen atoms in total. The first-order chi connectivity index (χ1) is 10.4. The fraction of sp³-hybridized carbons (Fsp3) is 0.938. The molecule has 3 saturated carbocycles. The van der Waals surface area contributed by atoms with Gasteiger partial charge in [0.25, 0.3) is 0 Å². The van der Waals surface area contributed by atoms with E-state index in [4.69, 9.17) is 15.0 Å². The monoisotopic (exact) mass is 306 g/mol. The van der Waals surface area contributed by atoms with Gasteiger partial charge in [-0.2, -0.15) is 0 Å². The van der Waals surface area contributed by atoms with Crippen molar-refractivity contribution in [3.8, 4) is 0 Å². The Morgan fingerprint density at radius 2 is 2.18 bits per heavy atom. The average molecular weight is 306 g/mol. The first-order valence-corrected chi connectivity index (χ1v) is 8.69. The molecule has 1 amide bonds. The fourth-order valence-electron chi connectivity index (χ4n) is 5.41. The van der Waals surface area contributed by atoms with E-state index in [1.165, 1.54) is 6.42 Å². The van der Waals surface area contributed by atoms with Crippen LogP contribution in [0.4, 0.5) is 0 Å². The molecule has 5 aliphatic rings. The summed E-state index contributed by atoms with van der Waals surface area (Å²) in [7, 11) is -0.275. The molecule has 5 rings (SSSR count). The van der Waals surface area contributed by atoms with E-state index in [0.717, 1.165) is 31.7 Å². The minimum absolute atomic E-state index is 0.0133. The molecule has 122 valence electrons. The third-order valence-electron chi connectivity index (χ3n) is 6.94. The van der Waals surface area contributed by atoms with Crippen LogP contribution in [0.25, 0.3) is 0 Å². The molecule has 2 saturated heterocycles. The summed E-state index contributed by atoms with van der Waals surface area (Å²) in [4.78, 5) is 13.9. The SMILES string of the molecule is CC1(C)[C@@H]2C[C@H]1[C@H]1OB([C@@H]3CCCN3C(=O)CN)O[C@@]1(C)C2. The largest absolute Gasteiger partial charge is 0.481 e. The molecule has 2 aliphatic heterocycles. The molecular weight excluding hydrogens is 279 g/mol. The second-order valence-electron chi connectivity index (χ2n) is 8.42. The van der Waals surface area contributed by atoms with Crippen molar-refractivity contribution in [1.82, 2.24) is 4.90 Å².